The molecular weight excluding hydrogens is 394 g/mol. The van der Waals surface area contributed by atoms with Crippen molar-refractivity contribution in [1.29, 1.82) is 5.26 Å². The van der Waals surface area contributed by atoms with E-state index in [4.69, 9.17) is 0 Å². The molecule has 0 amide bonds. The summed E-state index contributed by atoms with van der Waals surface area (Å²) in [6.07, 6.45) is 3.12. The normalized spacial score (nSPS) is 11.8. The van der Waals surface area contributed by atoms with Gasteiger partial charge in [-0.2, -0.15) is 10.4 Å². The van der Waals surface area contributed by atoms with Gasteiger partial charge < -0.3 is 0 Å². The first-order valence-corrected chi connectivity index (χ1v) is 10.7. The standard InChI is InChI=1S/C24H17N3O2S/c25-17-23(30(28,29)22-14-8-3-9-15-22)16-20-18-27(21-12-6-2-7-13-21)26-24(20)19-10-4-1-5-11-19/h1-16,18H/b23-16+. The number of allylic oxidation sites excluding steroid dienone is 1. The number of nitriles is 1. The molecule has 4 aromatic rings. The maximum atomic E-state index is 13.0. The molecule has 0 bridgehead atoms. The molecular formula is C24H17N3O2S. The van der Waals surface area contributed by atoms with Crippen molar-refractivity contribution in [3.05, 3.63) is 108 Å². The van der Waals surface area contributed by atoms with E-state index in [9.17, 15) is 13.7 Å². The molecule has 146 valence electrons. The smallest absolute Gasteiger partial charge is 0.216 e. The zero-order valence-electron chi connectivity index (χ0n) is 15.9. The van der Waals surface area contributed by atoms with Gasteiger partial charge in [0.15, 0.2) is 0 Å². The maximum absolute atomic E-state index is 13.0. The first-order chi connectivity index (χ1) is 14.6. The van der Waals surface area contributed by atoms with Gasteiger partial charge in [-0.1, -0.05) is 66.7 Å². The Labute approximate surface area is 175 Å². The monoisotopic (exact) mass is 411 g/mol. The highest BCUT2D eigenvalue weighted by atomic mass is 32.2. The van der Waals surface area contributed by atoms with Gasteiger partial charge in [0.1, 0.15) is 16.7 Å². The summed E-state index contributed by atoms with van der Waals surface area (Å²) in [6, 6.07) is 28.8. The fraction of sp³-hybridized carbons (Fsp3) is 0. The second-order valence-corrected chi connectivity index (χ2v) is 8.43. The number of hydrogen-bond acceptors (Lipinski definition) is 4. The predicted molar refractivity (Wildman–Crippen MR) is 116 cm³/mol. The Morgan fingerprint density at radius 3 is 2.03 bits per heavy atom. The van der Waals surface area contributed by atoms with E-state index in [1.165, 1.54) is 18.2 Å². The van der Waals surface area contributed by atoms with Crippen LogP contribution in [0.1, 0.15) is 5.56 Å². The van der Waals surface area contributed by atoms with Crippen molar-refractivity contribution in [1.82, 2.24) is 9.78 Å². The molecule has 0 spiro atoms. The molecule has 4 rings (SSSR count). The second kappa shape index (κ2) is 8.19. The van der Waals surface area contributed by atoms with Crippen molar-refractivity contribution in [3.8, 4) is 23.0 Å². The number of benzene rings is 3. The molecule has 0 unspecified atom stereocenters. The van der Waals surface area contributed by atoms with Crippen LogP contribution in [-0.2, 0) is 9.84 Å². The van der Waals surface area contributed by atoms with Crippen LogP contribution in [-0.4, -0.2) is 18.2 Å². The van der Waals surface area contributed by atoms with E-state index in [-0.39, 0.29) is 9.80 Å². The SMILES string of the molecule is N#C/C(=C\c1cn(-c2ccccc2)nc1-c1ccccc1)S(=O)(=O)c1ccccc1. The Morgan fingerprint density at radius 1 is 0.867 bits per heavy atom. The summed E-state index contributed by atoms with van der Waals surface area (Å²) >= 11 is 0. The zero-order chi connectivity index (χ0) is 21.0. The Morgan fingerprint density at radius 2 is 1.43 bits per heavy atom. The van der Waals surface area contributed by atoms with Gasteiger partial charge in [0.05, 0.1) is 10.6 Å². The van der Waals surface area contributed by atoms with Gasteiger partial charge in [0.2, 0.25) is 9.84 Å². The summed E-state index contributed by atoms with van der Waals surface area (Å²) in [5, 5.41) is 14.3. The van der Waals surface area contributed by atoms with E-state index < -0.39 is 9.84 Å². The van der Waals surface area contributed by atoms with Crippen molar-refractivity contribution >= 4 is 15.9 Å². The minimum atomic E-state index is -3.94. The molecule has 0 radical (unpaired) electrons. The molecule has 0 saturated heterocycles. The van der Waals surface area contributed by atoms with E-state index in [2.05, 4.69) is 5.10 Å². The van der Waals surface area contributed by atoms with Crippen LogP contribution in [0.4, 0.5) is 0 Å². The van der Waals surface area contributed by atoms with Crippen molar-refractivity contribution in [2.45, 2.75) is 4.90 Å². The van der Waals surface area contributed by atoms with Gasteiger partial charge in [-0.3, -0.25) is 0 Å². The zero-order valence-corrected chi connectivity index (χ0v) is 16.7. The number of hydrogen-bond donors (Lipinski definition) is 0. The summed E-state index contributed by atoms with van der Waals surface area (Å²) in [6.45, 7) is 0. The average molecular weight is 411 g/mol. The lowest BCUT2D eigenvalue weighted by atomic mass is 10.1. The molecule has 0 saturated carbocycles. The van der Waals surface area contributed by atoms with Crippen molar-refractivity contribution in [2.75, 3.05) is 0 Å². The van der Waals surface area contributed by atoms with E-state index in [1.54, 1.807) is 29.1 Å². The maximum Gasteiger partial charge on any atom is 0.216 e. The van der Waals surface area contributed by atoms with E-state index >= 15 is 0 Å². The summed E-state index contributed by atoms with van der Waals surface area (Å²) in [5.74, 6) is 0. The highest BCUT2D eigenvalue weighted by molar-refractivity contribution is 7.95. The number of sulfone groups is 1. The Hall–Kier alpha value is -3.95. The van der Waals surface area contributed by atoms with E-state index in [0.717, 1.165) is 11.3 Å². The molecule has 0 fully saturated rings. The highest BCUT2D eigenvalue weighted by Gasteiger charge is 2.22. The first-order valence-electron chi connectivity index (χ1n) is 9.22. The van der Waals surface area contributed by atoms with Gasteiger partial charge >= 0.3 is 0 Å². The molecule has 0 aliphatic rings. The molecule has 0 aliphatic carbocycles. The lowest BCUT2D eigenvalue weighted by molar-refractivity contribution is 0.603. The van der Waals surface area contributed by atoms with Crippen molar-refractivity contribution in [3.63, 3.8) is 0 Å². The highest BCUT2D eigenvalue weighted by Crippen LogP contribution is 2.28. The Kier molecular flexibility index (Phi) is 5.29. The van der Waals surface area contributed by atoms with Gasteiger partial charge in [-0.25, -0.2) is 13.1 Å². The largest absolute Gasteiger partial charge is 0.240 e. The van der Waals surface area contributed by atoms with Crippen molar-refractivity contribution < 1.29 is 8.42 Å². The average Bonchev–Trinajstić information content (AvgIpc) is 3.23. The number of para-hydroxylation sites is 1. The Bertz CT molecular complexity index is 1340. The quantitative estimate of drug-likeness (QED) is 0.439. The van der Waals surface area contributed by atoms with E-state index in [1.807, 2.05) is 66.7 Å². The number of nitrogens with zero attached hydrogens (tertiary/aromatic N) is 3. The molecule has 0 aliphatic heterocycles. The summed E-state index contributed by atoms with van der Waals surface area (Å²) in [5.41, 5.74) is 2.79. The lowest BCUT2D eigenvalue weighted by Crippen LogP contribution is -2.03. The molecule has 3 aromatic carbocycles. The molecule has 0 N–H and O–H groups in total. The third-order valence-corrected chi connectivity index (χ3v) is 6.23. The number of aromatic nitrogens is 2. The fourth-order valence-electron chi connectivity index (χ4n) is 3.06. The minimum Gasteiger partial charge on any atom is -0.240 e. The third-order valence-electron chi connectivity index (χ3n) is 4.55. The summed E-state index contributed by atoms with van der Waals surface area (Å²) in [7, 11) is -3.94. The van der Waals surface area contributed by atoms with Gasteiger partial charge in [-0.05, 0) is 30.3 Å². The van der Waals surface area contributed by atoms with Crippen LogP contribution in [0.15, 0.2) is 107 Å². The van der Waals surface area contributed by atoms with Crippen LogP contribution >= 0.6 is 0 Å². The third kappa shape index (κ3) is 3.79. The fourth-order valence-corrected chi connectivity index (χ4v) is 4.24. The van der Waals surface area contributed by atoms with Crippen LogP contribution < -0.4 is 0 Å². The second-order valence-electron chi connectivity index (χ2n) is 6.52. The minimum absolute atomic E-state index is 0.0783. The molecule has 30 heavy (non-hydrogen) atoms. The van der Waals surface area contributed by atoms with Crippen LogP contribution in [0.5, 0.6) is 0 Å². The van der Waals surface area contributed by atoms with Gasteiger partial charge in [0.25, 0.3) is 0 Å². The summed E-state index contributed by atoms with van der Waals surface area (Å²) in [4.78, 5) is -0.256. The molecule has 6 heteroatoms. The molecule has 0 atom stereocenters. The molecule has 1 heterocycles. The molecule has 5 nitrogen and oxygen atoms in total. The lowest BCUT2D eigenvalue weighted by Gasteiger charge is -2.03. The van der Waals surface area contributed by atoms with Crippen molar-refractivity contribution in [2.24, 2.45) is 0 Å². The van der Waals surface area contributed by atoms with Gasteiger partial charge in [-0.15, -0.1) is 0 Å². The first kappa shape index (κ1) is 19.4. The van der Waals surface area contributed by atoms with Crippen LogP contribution in [0.2, 0.25) is 0 Å². The predicted octanol–water partition coefficient (Wildman–Crippen LogP) is 4.88. The van der Waals surface area contributed by atoms with Crippen LogP contribution in [0.25, 0.3) is 23.0 Å². The van der Waals surface area contributed by atoms with E-state index in [0.29, 0.717) is 11.3 Å². The topological polar surface area (TPSA) is 75.8 Å². The summed E-state index contributed by atoms with van der Waals surface area (Å²) < 4.78 is 27.6. The van der Waals surface area contributed by atoms with Crippen LogP contribution in [0, 0.1) is 11.3 Å². The molecule has 1 aromatic heterocycles. The van der Waals surface area contributed by atoms with Gasteiger partial charge in [0, 0.05) is 17.3 Å². The number of rotatable bonds is 5. The van der Waals surface area contributed by atoms with Crippen LogP contribution in [0.3, 0.4) is 0 Å². The Balaban J connectivity index is 1.89.